The van der Waals surface area contributed by atoms with E-state index in [2.05, 4.69) is 21.0 Å². The number of aliphatic carboxylic acids is 1. The van der Waals surface area contributed by atoms with Crippen molar-refractivity contribution >= 4 is 5.97 Å². The zero-order valence-electron chi connectivity index (χ0n) is 23.5. The Morgan fingerprint density at radius 3 is 1.44 bits per heavy atom. The highest BCUT2D eigenvalue weighted by molar-refractivity contribution is 5.66. The normalized spacial score (nSPS) is 12.8. The van der Waals surface area contributed by atoms with Crippen molar-refractivity contribution in [1.82, 2.24) is 0 Å². The molecule has 204 valence electrons. The molecule has 0 bridgehead atoms. The summed E-state index contributed by atoms with van der Waals surface area (Å²) in [6.45, 7) is 4.31. The highest BCUT2D eigenvalue weighted by Gasteiger charge is 2.19. The number of aliphatic hydroxyl groups excluding tert-OH is 1. The fourth-order valence-corrected chi connectivity index (χ4v) is 5.03. The van der Waals surface area contributed by atoms with Crippen LogP contribution in [0.25, 0.3) is 0 Å². The van der Waals surface area contributed by atoms with E-state index in [9.17, 15) is 9.90 Å². The Balaban J connectivity index is 3.45. The number of quaternary nitrogens is 1. The highest BCUT2D eigenvalue weighted by Crippen LogP contribution is 2.15. The van der Waals surface area contributed by atoms with Crippen LogP contribution < -0.4 is 0 Å². The van der Waals surface area contributed by atoms with Gasteiger partial charge in [0.05, 0.1) is 20.6 Å². The number of aliphatic hydroxyl groups is 1. The standard InChI is InChI=1S/C30H61NO3/c1-4-5-6-7-8-9-10-11-12-13-16-19-22-25-29(32)28-31(2,3)27-24-21-18-15-14-17-20-23-26-30(33)34/h29,32H,4-28H2,1-3H3/p+1. The average molecular weight is 485 g/mol. The predicted octanol–water partition coefficient (Wildman–Crippen LogP) is 8.50. The molecule has 2 N–H and O–H groups in total. The summed E-state index contributed by atoms with van der Waals surface area (Å²) in [7, 11) is 4.52. The molecule has 4 nitrogen and oxygen atoms in total. The van der Waals surface area contributed by atoms with Crippen LogP contribution in [0, 0.1) is 0 Å². The Kier molecular flexibility index (Phi) is 23.7. The molecule has 0 spiro atoms. The van der Waals surface area contributed by atoms with Crippen LogP contribution in [0.5, 0.6) is 0 Å². The van der Waals surface area contributed by atoms with Gasteiger partial charge >= 0.3 is 5.97 Å². The maximum Gasteiger partial charge on any atom is 0.303 e. The SMILES string of the molecule is CCCCCCCCCCCCCCCC(O)C[N+](C)(C)CCCCCCCCCCC(=O)O. The number of carbonyl (C=O) groups is 1. The van der Waals surface area contributed by atoms with E-state index in [0.717, 1.165) is 36.8 Å². The number of hydrogen-bond acceptors (Lipinski definition) is 2. The minimum Gasteiger partial charge on any atom is -0.481 e. The first kappa shape index (κ1) is 33.4. The first-order chi connectivity index (χ1) is 16.4. The molecule has 0 radical (unpaired) electrons. The molecule has 0 fully saturated rings. The Morgan fingerprint density at radius 1 is 0.618 bits per heavy atom. The molecule has 1 atom stereocenters. The van der Waals surface area contributed by atoms with Crippen LogP contribution in [0.3, 0.4) is 0 Å². The minimum atomic E-state index is -0.671. The van der Waals surface area contributed by atoms with Gasteiger partial charge < -0.3 is 14.7 Å². The van der Waals surface area contributed by atoms with Crippen LogP contribution in [0.15, 0.2) is 0 Å². The van der Waals surface area contributed by atoms with E-state index >= 15 is 0 Å². The molecule has 34 heavy (non-hydrogen) atoms. The number of rotatable bonds is 27. The van der Waals surface area contributed by atoms with Crippen molar-refractivity contribution in [3.8, 4) is 0 Å². The van der Waals surface area contributed by atoms with Crippen molar-refractivity contribution in [1.29, 1.82) is 0 Å². The van der Waals surface area contributed by atoms with E-state index in [4.69, 9.17) is 5.11 Å². The topological polar surface area (TPSA) is 57.5 Å². The van der Waals surface area contributed by atoms with Crippen molar-refractivity contribution in [2.75, 3.05) is 27.2 Å². The fraction of sp³-hybridized carbons (Fsp3) is 0.967. The number of carboxylic acids is 1. The molecule has 0 aliphatic carbocycles. The lowest BCUT2D eigenvalue weighted by Gasteiger charge is -2.32. The van der Waals surface area contributed by atoms with Gasteiger partial charge in [-0.2, -0.15) is 0 Å². The molecule has 0 rings (SSSR count). The molecular weight excluding hydrogens is 422 g/mol. The summed E-state index contributed by atoms with van der Waals surface area (Å²) in [6.07, 6.45) is 28.3. The second kappa shape index (κ2) is 24.1. The van der Waals surface area contributed by atoms with Gasteiger partial charge in [0.25, 0.3) is 0 Å². The number of likely N-dealkylation sites (N-methyl/N-ethyl adjacent to an activating group) is 1. The molecule has 4 heteroatoms. The lowest BCUT2D eigenvalue weighted by atomic mass is 10.0. The maximum absolute atomic E-state index is 10.5. The molecule has 0 amide bonds. The van der Waals surface area contributed by atoms with Gasteiger partial charge in [0.1, 0.15) is 12.6 Å². The monoisotopic (exact) mass is 484 g/mol. The highest BCUT2D eigenvalue weighted by atomic mass is 16.4. The summed E-state index contributed by atoms with van der Waals surface area (Å²) in [5, 5.41) is 19.1. The zero-order chi connectivity index (χ0) is 25.3. The fourth-order valence-electron chi connectivity index (χ4n) is 5.03. The Bertz CT molecular complexity index is 439. The van der Waals surface area contributed by atoms with Crippen LogP contribution in [-0.2, 0) is 4.79 Å². The van der Waals surface area contributed by atoms with Crippen molar-refractivity contribution < 1.29 is 19.5 Å². The molecular formula is C30H62NO3+. The first-order valence-electron chi connectivity index (χ1n) is 15.1. The number of nitrogens with zero attached hydrogens (tertiary/aromatic N) is 1. The van der Waals surface area contributed by atoms with E-state index in [-0.39, 0.29) is 6.10 Å². The summed E-state index contributed by atoms with van der Waals surface area (Å²) in [5.41, 5.74) is 0. The van der Waals surface area contributed by atoms with Crippen molar-refractivity contribution in [2.45, 2.75) is 161 Å². The first-order valence-corrected chi connectivity index (χ1v) is 15.1. The average Bonchev–Trinajstić information content (AvgIpc) is 2.77. The molecule has 0 aliphatic heterocycles. The lowest BCUT2D eigenvalue weighted by Crippen LogP contribution is -2.45. The van der Waals surface area contributed by atoms with Gasteiger partial charge in [-0.05, 0) is 25.7 Å². The van der Waals surface area contributed by atoms with Crippen LogP contribution in [-0.4, -0.2) is 54.0 Å². The van der Waals surface area contributed by atoms with Crippen LogP contribution in [0.2, 0.25) is 0 Å². The van der Waals surface area contributed by atoms with Gasteiger partial charge in [-0.1, -0.05) is 122 Å². The summed E-state index contributed by atoms with van der Waals surface area (Å²) in [6, 6.07) is 0. The zero-order valence-corrected chi connectivity index (χ0v) is 23.5. The molecule has 0 aliphatic rings. The maximum atomic E-state index is 10.5. The van der Waals surface area contributed by atoms with Crippen molar-refractivity contribution in [3.05, 3.63) is 0 Å². The van der Waals surface area contributed by atoms with Gasteiger partial charge in [-0.25, -0.2) is 0 Å². The van der Waals surface area contributed by atoms with Gasteiger partial charge in [0.2, 0.25) is 0 Å². The molecule has 0 aromatic rings. The molecule has 0 aromatic carbocycles. The summed E-state index contributed by atoms with van der Waals surface area (Å²) < 4.78 is 0.925. The smallest absolute Gasteiger partial charge is 0.303 e. The molecule has 1 unspecified atom stereocenters. The third-order valence-corrected chi connectivity index (χ3v) is 7.25. The van der Waals surface area contributed by atoms with Crippen LogP contribution in [0.1, 0.15) is 155 Å². The van der Waals surface area contributed by atoms with Gasteiger partial charge in [0.15, 0.2) is 0 Å². The third-order valence-electron chi connectivity index (χ3n) is 7.25. The van der Waals surface area contributed by atoms with Gasteiger partial charge in [-0.15, -0.1) is 0 Å². The van der Waals surface area contributed by atoms with Crippen LogP contribution in [0.4, 0.5) is 0 Å². The molecule has 0 saturated heterocycles. The third kappa shape index (κ3) is 26.0. The van der Waals surface area contributed by atoms with E-state index < -0.39 is 5.97 Å². The minimum absolute atomic E-state index is 0.159. The quantitative estimate of drug-likeness (QED) is 0.0907. The van der Waals surface area contributed by atoms with E-state index in [0.29, 0.717) is 6.42 Å². The van der Waals surface area contributed by atoms with Gasteiger partial charge in [0, 0.05) is 6.42 Å². The second-order valence-electron chi connectivity index (χ2n) is 11.5. The second-order valence-corrected chi connectivity index (χ2v) is 11.5. The Hall–Kier alpha value is -0.610. The summed E-state index contributed by atoms with van der Waals surface area (Å²) in [5.74, 6) is -0.671. The summed E-state index contributed by atoms with van der Waals surface area (Å²) >= 11 is 0. The lowest BCUT2D eigenvalue weighted by molar-refractivity contribution is -0.893. The largest absolute Gasteiger partial charge is 0.481 e. The predicted molar refractivity (Wildman–Crippen MR) is 147 cm³/mol. The van der Waals surface area contributed by atoms with E-state index in [1.807, 2.05) is 0 Å². The van der Waals surface area contributed by atoms with E-state index in [1.54, 1.807) is 0 Å². The molecule has 0 saturated carbocycles. The molecule has 0 heterocycles. The number of unbranched alkanes of at least 4 members (excludes halogenated alkanes) is 19. The Labute approximate surface area is 213 Å². The van der Waals surface area contributed by atoms with Crippen molar-refractivity contribution in [2.24, 2.45) is 0 Å². The Morgan fingerprint density at radius 2 is 1.00 bits per heavy atom. The molecule has 0 aromatic heterocycles. The van der Waals surface area contributed by atoms with Gasteiger partial charge in [-0.3, -0.25) is 4.79 Å². The van der Waals surface area contributed by atoms with Crippen LogP contribution >= 0.6 is 0 Å². The van der Waals surface area contributed by atoms with E-state index in [1.165, 1.54) is 122 Å². The summed E-state index contributed by atoms with van der Waals surface area (Å²) in [4.78, 5) is 10.5. The number of carboxylic acid groups (broad SMARTS) is 1. The number of hydrogen-bond donors (Lipinski definition) is 2. The van der Waals surface area contributed by atoms with Crippen molar-refractivity contribution in [3.63, 3.8) is 0 Å².